The Morgan fingerprint density at radius 1 is 1.30 bits per heavy atom. The van der Waals surface area contributed by atoms with Crippen LogP contribution in [0.15, 0.2) is 36.7 Å². The summed E-state index contributed by atoms with van der Waals surface area (Å²) in [4.78, 5) is 10.4. The average Bonchev–Trinajstić information content (AvgIpc) is 2.47. The summed E-state index contributed by atoms with van der Waals surface area (Å²) in [5.74, 6) is 1.54. The molecule has 0 aliphatic rings. The molecular formula is C15H17N5. The second-order valence-electron chi connectivity index (χ2n) is 4.53. The SMILES string of the molecule is Cc1ccccc1Nc1cc(N(C)CCC#N)ncn1. The molecule has 0 saturated heterocycles. The largest absolute Gasteiger partial charge is 0.358 e. The summed E-state index contributed by atoms with van der Waals surface area (Å²) in [5.41, 5.74) is 2.18. The lowest BCUT2D eigenvalue weighted by molar-refractivity contribution is 0.880. The molecule has 2 aromatic rings. The summed E-state index contributed by atoms with van der Waals surface area (Å²) >= 11 is 0. The first-order chi connectivity index (χ1) is 9.70. The van der Waals surface area contributed by atoms with E-state index in [1.165, 1.54) is 6.33 Å². The minimum absolute atomic E-state index is 0.473. The van der Waals surface area contributed by atoms with Gasteiger partial charge in [0.05, 0.1) is 12.5 Å². The standard InChI is InChI=1S/C15H17N5/c1-12-6-3-4-7-13(12)19-14-10-15(18-11-17-14)20(2)9-5-8-16/h3-4,6-7,10-11H,5,9H2,1-2H3,(H,17,18,19). The Kier molecular flexibility index (Phi) is 4.51. The van der Waals surface area contributed by atoms with Gasteiger partial charge in [0.2, 0.25) is 0 Å². The molecule has 2 rings (SSSR count). The van der Waals surface area contributed by atoms with Crippen molar-refractivity contribution in [2.45, 2.75) is 13.3 Å². The second-order valence-corrected chi connectivity index (χ2v) is 4.53. The highest BCUT2D eigenvalue weighted by Gasteiger charge is 2.05. The lowest BCUT2D eigenvalue weighted by atomic mass is 10.2. The Labute approximate surface area is 118 Å². The van der Waals surface area contributed by atoms with Crippen molar-refractivity contribution >= 4 is 17.3 Å². The van der Waals surface area contributed by atoms with Crippen LogP contribution in [0.5, 0.6) is 0 Å². The first-order valence-electron chi connectivity index (χ1n) is 6.43. The first kappa shape index (κ1) is 13.8. The summed E-state index contributed by atoms with van der Waals surface area (Å²) in [5, 5.41) is 11.9. The molecule has 0 aliphatic heterocycles. The van der Waals surface area contributed by atoms with Gasteiger partial charge in [0.25, 0.3) is 0 Å². The number of benzene rings is 1. The Morgan fingerprint density at radius 3 is 2.85 bits per heavy atom. The number of hydrogen-bond acceptors (Lipinski definition) is 5. The molecule has 0 amide bonds. The zero-order valence-electron chi connectivity index (χ0n) is 11.7. The molecule has 1 aromatic heterocycles. The fourth-order valence-electron chi connectivity index (χ4n) is 1.81. The van der Waals surface area contributed by atoms with Gasteiger partial charge in [-0.25, -0.2) is 9.97 Å². The van der Waals surface area contributed by atoms with Gasteiger partial charge in [0.15, 0.2) is 0 Å². The van der Waals surface area contributed by atoms with Gasteiger partial charge in [-0.1, -0.05) is 18.2 Å². The summed E-state index contributed by atoms with van der Waals surface area (Å²) < 4.78 is 0. The van der Waals surface area contributed by atoms with Crippen molar-refractivity contribution < 1.29 is 0 Å². The van der Waals surface area contributed by atoms with Crippen LogP contribution in [0.25, 0.3) is 0 Å². The maximum absolute atomic E-state index is 8.62. The molecule has 0 aliphatic carbocycles. The van der Waals surface area contributed by atoms with Crippen LogP contribution in [0.2, 0.25) is 0 Å². The minimum atomic E-state index is 0.473. The first-order valence-corrected chi connectivity index (χ1v) is 6.43. The van der Waals surface area contributed by atoms with E-state index in [0.29, 0.717) is 13.0 Å². The molecule has 0 unspecified atom stereocenters. The van der Waals surface area contributed by atoms with Gasteiger partial charge in [-0.2, -0.15) is 5.26 Å². The molecule has 5 nitrogen and oxygen atoms in total. The highest BCUT2D eigenvalue weighted by molar-refractivity contribution is 5.62. The lowest BCUT2D eigenvalue weighted by Gasteiger charge is -2.17. The van der Waals surface area contributed by atoms with Crippen LogP contribution in [-0.4, -0.2) is 23.6 Å². The molecule has 1 aromatic carbocycles. The van der Waals surface area contributed by atoms with Crippen LogP contribution >= 0.6 is 0 Å². The summed E-state index contributed by atoms with van der Waals surface area (Å²) in [6, 6.07) is 12.0. The van der Waals surface area contributed by atoms with Crippen LogP contribution in [0.1, 0.15) is 12.0 Å². The zero-order valence-corrected chi connectivity index (χ0v) is 11.7. The minimum Gasteiger partial charge on any atom is -0.358 e. The molecule has 20 heavy (non-hydrogen) atoms. The maximum Gasteiger partial charge on any atom is 0.135 e. The lowest BCUT2D eigenvalue weighted by Crippen LogP contribution is -2.19. The predicted octanol–water partition coefficient (Wildman–Crippen LogP) is 2.88. The number of aromatic nitrogens is 2. The van der Waals surface area contributed by atoms with Gasteiger partial charge in [0, 0.05) is 25.3 Å². The van der Waals surface area contributed by atoms with Gasteiger partial charge in [-0.3, -0.25) is 0 Å². The van der Waals surface area contributed by atoms with Crippen LogP contribution < -0.4 is 10.2 Å². The number of nitriles is 1. The van der Waals surface area contributed by atoms with Gasteiger partial charge in [0.1, 0.15) is 18.0 Å². The van der Waals surface area contributed by atoms with Gasteiger partial charge in [-0.15, -0.1) is 0 Å². The van der Waals surface area contributed by atoms with E-state index >= 15 is 0 Å². The average molecular weight is 267 g/mol. The van der Waals surface area contributed by atoms with Crippen molar-refractivity contribution in [1.29, 1.82) is 5.26 Å². The van der Waals surface area contributed by atoms with E-state index in [4.69, 9.17) is 5.26 Å². The van der Waals surface area contributed by atoms with Crippen molar-refractivity contribution in [3.8, 4) is 6.07 Å². The number of para-hydroxylation sites is 1. The van der Waals surface area contributed by atoms with Crippen LogP contribution in [0.4, 0.5) is 17.3 Å². The van der Waals surface area contributed by atoms with E-state index < -0.39 is 0 Å². The molecule has 1 heterocycles. The van der Waals surface area contributed by atoms with E-state index in [0.717, 1.165) is 22.9 Å². The molecule has 0 spiro atoms. The van der Waals surface area contributed by atoms with Gasteiger partial charge < -0.3 is 10.2 Å². The third kappa shape index (κ3) is 3.45. The third-order valence-electron chi connectivity index (χ3n) is 3.01. The number of aryl methyl sites for hydroxylation is 1. The topological polar surface area (TPSA) is 64.8 Å². The number of anilines is 3. The van der Waals surface area contributed by atoms with Crippen LogP contribution in [-0.2, 0) is 0 Å². The monoisotopic (exact) mass is 267 g/mol. The highest BCUT2D eigenvalue weighted by Crippen LogP contribution is 2.20. The van der Waals surface area contributed by atoms with Gasteiger partial charge >= 0.3 is 0 Å². The van der Waals surface area contributed by atoms with Crippen LogP contribution in [0, 0.1) is 18.3 Å². The Bertz CT molecular complexity index is 618. The third-order valence-corrected chi connectivity index (χ3v) is 3.01. The van der Waals surface area contributed by atoms with Crippen molar-refractivity contribution in [3.63, 3.8) is 0 Å². The Hall–Kier alpha value is -2.61. The number of nitrogens with zero attached hydrogens (tertiary/aromatic N) is 4. The molecule has 0 fully saturated rings. The molecule has 1 N–H and O–H groups in total. The number of rotatable bonds is 5. The molecule has 0 bridgehead atoms. The highest BCUT2D eigenvalue weighted by atomic mass is 15.2. The van der Waals surface area contributed by atoms with E-state index in [2.05, 4.69) is 21.4 Å². The normalized spacial score (nSPS) is 9.85. The molecular weight excluding hydrogens is 250 g/mol. The summed E-state index contributed by atoms with van der Waals surface area (Å²) in [7, 11) is 1.91. The smallest absolute Gasteiger partial charge is 0.135 e. The molecule has 0 radical (unpaired) electrons. The van der Waals surface area contributed by atoms with Crippen molar-refractivity contribution in [1.82, 2.24) is 9.97 Å². The van der Waals surface area contributed by atoms with Crippen molar-refractivity contribution in [2.75, 3.05) is 23.8 Å². The molecule has 102 valence electrons. The van der Waals surface area contributed by atoms with Crippen LogP contribution in [0.3, 0.4) is 0 Å². The van der Waals surface area contributed by atoms with Crippen molar-refractivity contribution in [3.05, 3.63) is 42.2 Å². The maximum atomic E-state index is 8.62. The number of hydrogen-bond donors (Lipinski definition) is 1. The zero-order chi connectivity index (χ0) is 14.4. The van der Waals surface area contributed by atoms with E-state index in [1.807, 2.05) is 49.2 Å². The summed E-state index contributed by atoms with van der Waals surface area (Å²) in [6.45, 7) is 2.70. The second kappa shape index (κ2) is 6.53. The van der Waals surface area contributed by atoms with E-state index in [-0.39, 0.29) is 0 Å². The van der Waals surface area contributed by atoms with Gasteiger partial charge in [-0.05, 0) is 18.6 Å². The Balaban J connectivity index is 2.14. The van der Waals surface area contributed by atoms with E-state index in [9.17, 15) is 0 Å². The molecule has 0 saturated carbocycles. The van der Waals surface area contributed by atoms with Crippen molar-refractivity contribution in [2.24, 2.45) is 0 Å². The molecule has 0 atom stereocenters. The quantitative estimate of drug-likeness (QED) is 0.902. The number of nitrogens with one attached hydrogen (secondary N) is 1. The fraction of sp³-hybridized carbons (Fsp3) is 0.267. The molecule has 5 heteroatoms. The summed E-state index contributed by atoms with van der Waals surface area (Å²) in [6.07, 6.45) is 2.00. The fourth-order valence-corrected chi connectivity index (χ4v) is 1.81. The van der Waals surface area contributed by atoms with E-state index in [1.54, 1.807) is 0 Å². The Morgan fingerprint density at radius 2 is 2.10 bits per heavy atom. The predicted molar refractivity (Wildman–Crippen MR) is 80.0 cm³/mol.